The summed E-state index contributed by atoms with van der Waals surface area (Å²) in [6.45, 7) is 4.64. The van der Waals surface area contributed by atoms with Crippen molar-refractivity contribution in [3.8, 4) is 0 Å². The van der Waals surface area contributed by atoms with Gasteiger partial charge in [-0.3, -0.25) is 4.99 Å². The number of unbranched alkanes of at least 4 members (excludes halogenated alkanes) is 1. The fourth-order valence-electron chi connectivity index (χ4n) is 3.14. The Labute approximate surface area is 155 Å². The first kappa shape index (κ1) is 19.9. The third-order valence-corrected chi connectivity index (χ3v) is 5.19. The van der Waals surface area contributed by atoms with E-state index in [1.165, 1.54) is 12.2 Å². The fourth-order valence-corrected chi connectivity index (χ4v) is 3.64. The van der Waals surface area contributed by atoms with E-state index >= 15 is 0 Å². The molecular weight excluding hydrogens is 335 g/mol. The van der Waals surface area contributed by atoms with Crippen molar-refractivity contribution in [3.63, 3.8) is 0 Å². The zero-order valence-corrected chi connectivity index (χ0v) is 16.5. The van der Waals surface area contributed by atoms with Gasteiger partial charge in [-0.2, -0.15) is 11.8 Å². The molecule has 0 aromatic heterocycles. The van der Waals surface area contributed by atoms with E-state index in [1.807, 2.05) is 30.8 Å². The van der Waals surface area contributed by atoms with Crippen molar-refractivity contribution in [2.75, 3.05) is 43.6 Å². The molecule has 2 N–H and O–H groups in total. The lowest BCUT2D eigenvalue weighted by atomic mass is 10.0. The average molecular weight is 367 g/mol. The molecule has 1 aromatic rings. The maximum atomic E-state index is 14.2. The van der Waals surface area contributed by atoms with Crippen LogP contribution in [-0.2, 0) is 0 Å². The molecule has 2 rings (SSSR count). The van der Waals surface area contributed by atoms with E-state index in [-0.39, 0.29) is 11.9 Å². The van der Waals surface area contributed by atoms with Crippen molar-refractivity contribution in [1.82, 2.24) is 10.6 Å². The van der Waals surface area contributed by atoms with Gasteiger partial charge in [-0.15, -0.1) is 0 Å². The third kappa shape index (κ3) is 6.42. The smallest absolute Gasteiger partial charge is 0.191 e. The van der Waals surface area contributed by atoms with E-state index in [1.54, 1.807) is 13.1 Å². The number of benzene rings is 1. The Morgan fingerprint density at radius 2 is 2.24 bits per heavy atom. The molecule has 1 heterocycles. The van der Waals surface area contributed by atoms with Gasteiger partial charge in [0.05, 0.1) is 5.69 Å². The summed E-state index contributed by atoms with van der Waals surface area (Å²) < 4.78 is 14.2. The molecule has 0 aliphatic carbocycles. The van der Waals surface area contributed by atoms with Crippen molar-refractivity contribution in [2.24, 2.45) is 4.99 Å². The number of nitrogens with zero attached hydrogens (tertiary/aromatic N) is 2. The summed E-state index contributed by atoms with van der Waals surface area (Å²) in [7, 11) is 1.80. The van der Waals surface area contributed by atoms with Crippen molar-refractivity contribution in [1.29, 1.82) is 0 Å². The zero-order valence-electron chi connectivity index (χ0n) is 15.6. The molecule has 0 bridgehead atoms. The summed E-state index contributed by atoms with van der Waals surface area (Å²) >= 11 is 1.89. The summed E-state index contributed by atoms with van der Waals surface area (Å²) in [6, 6.07) is 5.61. The van der Waals surface area contributed by atoms with E-state index < -0.39 is 0 Å². The first-order valence-corrected chi connectivity index (χ1v) is 10.5. The minimum Gasteiger partial charge on any atom is -0.367 e. The lowest BCUT2D eigenvalue weighted by Gasteiger charge is -2.35. The second-order valence-corrected chi connectivity index (χ2v) is 7.57. The van der Waals surface area contributed by atoms with E-state index in [0.29, 0.717) is 5.69 Å². The van der Waals surface area contributed by atoms with E-state index in [2.05, 4.69) is 26.8 Å². The van der Waals surface area contributed by atoms with Crippen molar-refractivity contribution < 1.29 is 4.39 Å². The van der Waals surface area contributed by atoms with Crippen molar-refractivity contribution >= 4 is 23.4 Å². The molecule has 0 spiro atoms. The highest BCUT2D eigenvalue weighted by Crippen LogP contribution is 2.24. The van der Waals surface area contributed by atoms with Gasteiger partial charge in [0.2, 0.25) is 0 Å². The van der Waals surface area contributed by atoms with Crippen LogP contribution >= 0.6 is 11.8 Å². The molecule has 1 fully saturated rings. The normalized spacial score (nSPS) is 18.3. The molecule has 25 heavy (non-hydrogen) atoms. The predicted molar refractivity (Wildman–Crippen MR) is 108 cm³/mol. The van der Waals surface area contributed by atoms with E-state index in [0.717, 1.165) is 50.4 Å². The Morgan fingerprint density at radius 3 is 3.00 bits per heavy atom. The maximum Gasteiger partial charge on any atom is 0.191 e. The molecule has 140 valence electrons. The second-order valence-electron chi connectivity index (χ2n) is 6.58. The van der Waals surface area contributed by atoms with Gasteiger partial charge in [0.25, 0.3) is 0 Å². The Hall–Kier alpha value is -1.43. The first-order valence-electron chi connectivity index (χ1n) is 9.11. The number of thioether (sulfide) groups is 1. The molecule has 1 unspecified atom stereocenters. The van der Waals surface area contributed by atoms with Crippen molar-refractivity contribution in [2.45, 2.75) is 38.6 Å². The Bertz CT molecular complexity index is 564. The highest BCUT2D eigenvalue weighted by molar-refractivity contribution is 7.98. The number of rotatable bonds is 7. The van der Waals surface area contributed by atoms with Gasteiger partial charge in [-0.1, -0.05) is 6.07 Å². The number of hydrogen-bond donors (Lipinski definition) is 2. The van der Waals surface area contributed by atoms with Crippen LogP contribution in [0.15, 0.2) is 23.2 Å². The number of piperidine rings is 1. The topological polar surface area (TPSA) is 39.7 Å². The monoisotopic (exact) mass is 366 g/mol. The van der Waals surface area contributed by atoms with Gasteiger partial charge >= 0.3 is 0 Å². The molecule has 1 aliphatic heterocycles. The highest BCUT2D eigenvalue weighted by Gasteiger charge is 2.22. The Kier molecular flexibility index (Phi) is 8.38. The standard InChI is InChI=1S/C19H31FN4S/c1-15-8-9-17(20)18(13-15)24-11-6-7-16(14-24)23-19(21-2)22-10-4-5-12-25-3/h8-9,13,16H,4-7,10-12,14H2,1-3H3,(H2,21,22,23). The van der Waals surface area contributed by atoms with E-state index in [9.17, 15) is 4.39 Å². The minimum atomic E-state index is -0.137. The zero-order chi connectivity index (χ0) is 18.1. The minimum absolute atomic E-state index is 0.137. The van der Waals surface area contributed by atoms with Crippen LogP contribution in [0.5, 0.6) is 0 Å². The summed E-state index contributed by atoms with van der Waals surface area (Å²) in [5.41, 5.74) is 1.81. The average Bonchev–Trinajstić information content (AvgIpc) is 2.62. The lowest BCUT2D eigenvalue weighted by molar-refractivity contribution is 0.462. The summed E-state index contributed by atoms with van der Waals surface area (Å²) in [6.07, 6.45) is 6.63. The SMILES string of the molecule is CN=C(NCCCCSC)NC1CCCN(c2cc(C)ccc2F)C1. The molecule has 0 radical (unpaired) electrons. The summed E-state index contributed by atoms with van der Waals surface area (Å²) in [5, 5.41) is 6.89. The molecule has 0 saturated carbocycles. The van der Waals surface area contributed by atoms with Crippen LogP contribution in [0.3, 0.4) is 0 Å². The largest absolute Gasteiger partial charge is 0.367 e. The number of nitrogens with one attached hydrogen (secondary N) is 2. The van der Waals surface area contributed by atoms with Crippen LogP contribution in [0.4, 0.5) is 10.1 Å². The van der Waals surface area contributed by atoms with Gasteiger partial charge in [0.1, 0.15) is 5.82 Å². The first-order chi connectivity index (χ1) is 12.1. The van der Waals surface area contributed by atoms with Crippen LogP contribution in [-0.4, -0.2) is 50.7 Å². The quantitative estimate of drug-likeness (QED) is 0.441. The number of hydrogen-bond acceptors (Lipinski definition) is 3. The van der Waals surface area contributed by atoms with Gasteiger partial charge < -0.3 is 15.5 Å². The van der Waals surface area contributed by atoms with Crippen molar-refractivity contribution in [3.05, 3.63) is 29.6 Å². The third-order valence-electron chi connectivity index (χ3n) is 4.50. The molecule has 1 aromatic carbocycles. The summed E-state index contributed by atoms with van der Waals surface area (Å²) in [4.78, 5) is 6.47. The van der Waals surface area contributed by atoms with E-state index in [4.69, 9.17) is 0 Å². The van der Waals surface area contributed by atoms with Crippen LogP contribution in [0, 0.1) is 12.7 Å². The van der Waals surface area contributed by atoms with Crippen LogP contribution in [0.1, 0.15) is 31.2 Å². The van der Waals surface area contributed by atoms with Gasteiger partial charge in [0.15, 0.2) is 5.96 Å². The molecule has 0 amide bonds. The number of aliphatic imine (C=N–C) groups is 1. The van der Waals surface area contributed by atoms with Gasteiger partial charge in [-0.25, -0.2) is 4.39 Å². The second kappa shape index (κ2) is 10.5. The van der Waals surface area contributed by atoms with Crippen LogP contribution < -0.4 is 15.5 Å². The number of halogens is 1. The molecular formula is C19H31FN4S. The molecule has 1 atom stereocenters. The van der Waals surface area contributed by atoms with Crippen LogP contribution in [0.2, 0.25) is 0 Å². The highest BCUT2D eigenvalue weighted by atomic mass is 32.2. The number of guanidine groups is 1. The predicted octanol–water partition coefficient (Wildman–Crippen LogP) is 3.41. The maximum absolute atomic E-state index is 14.2. The molecule has 1 saturated heterocycles. The summed E-state index contributed by atoms with van der Waals surface area (Å²) in [5.74, 6) is 1.91. The Balaban J connectivity index is 1.86. The number of anilines is 1. The molecule has 4 nitrogen and oxygen atoms in total. The molecule has 6 heteroatoms. The number of aryl methyl sites for hydroxylation is 1. The van der Waals surface area contributed by atoms with Crippen LogP contribution in [0.25, 0.3) is 0 Å². The molecule has 1 aliphatic rings. The lowest BCUT2D eigenvalue weighted by Crippen LogP contribution is -2.51. The fraction of sp³-hybridized carbons (Fsp3) is 0.632. The van der Waals surface area contributed by atoms with Gasteiger partial charge in [-0.05, 0) is 62.3 Å². The van der Waals surface area contributed by atoms with Gasteiger partial charge in [0, 0.05) is 32.7 Å². The Morgan fingerprint density at radius 1 is 1.40 bits per heavy atom.